The predicted molar refractivity (Wildman–Crippen MR) is 79.3 cm³/mol. The zero-order valence-electron chi connectivity index (χ0n) is 12.9. The molecule has 0 bridgehead atoms. The molecule has 0 aliphatic heterocycles. The third kappa shape index (κ3) is 4.05. The summed E-state index contributed by atoms with van der Waals surface area (Å²) in [5, 5.41) is 4.76. The van der Waals surface area contributed by atoms with Gasteiger partial charge in [-0.1, -0.05) is 20.8 Å². The van der Waals surface area contributed by atoms with E-state index in [1.54, 1.807) is 7.11 Å². The molecule has 1 aromatic heterocycles. The summed E-state index contributed by atoms with van der Waals surface area (Å²) in [4.78, 5) is 0. The van der Waals surface area contributed by atoms with Crippen LogP contribution < -0.4 is 5.73 Å². The highest BCUT2D eigenvalue weighted by molar-refractivity contribution is 5.30. The Kier molecular flexibility index (Phi) is 7.10. The molecule has 1 rings (SSSR count). The van der Waals surface area contributed by atoms with E-state index >= 15 is 0 Å². The summed E-state index contributed by atoms with van der Waals surface area (Å²) >= 11 is 0. The Hall–Kier alpha value is -0.870. The van der Waals surface area contributed by atoms with E-state index in [1.807, 2.05) is 0 Å². The molecule has 0 spiro atoms. The van der Waals surface area contributed by atoms with Gasteiger partial charge in [0.15, 0.2) is 0 Å². The smallest absolute Gasteiger partial charge is 0.0672 e. The highest BCUT2D eigenvalue weighted by Crippen LogP contribution is 2.24. The zero-order valence-corrected chi connectivity index (χ0v) is 12.9. The molecule has 2 N–H and O–H groups in total. The Morgan fingerprint density at radius 1 is 1.21 bits per heavy atom. The number of nitrogens with two attached hydrogens (primary N) is 1. The number of rotatable bonds is 9. The first-order valence-corrected chi connectivity index (χ1v) is 7.52. The highest BCUT2D eigenvalue weighted by Gasteiger charge is 2.19. The summed E-state index contributed by atoms with van der Waals surface area (Å²) in [5.41, 5.74) is 10.1. The predicted octanol–water partition coefficient (Wildman–Crippen LogP) is 2.84. The fourth-order valence-corrected chi connectivity index (χ4v) is 2.52. The molecule has 0 radical (unpaired) electrons. The van der Waals surface area contributed by atoms with Gasteiger partial charge in [0.05, 0.1) is 5.69 Å². The maximum absolute atomic E-state index is 6.26. The second kappa shape index (κ2) is 8.33. The summed E-state index contributed by atoms with van der Waals surface area (Å²) in [6.45, 7) is 8.27. The molecule has 19 heavy (non-hydrogen) atoms. The molecule has 110 valence electrons. The number of unbranched alkanes of at least 4 members (excludes halogenated alkanes) is 1. The van der Waals surface area contributed by atoms with Gasteiger partial charge in [-0.05, 0) is 32.1 Å². The van der Waals surface area contributed by atoms with E-state index in [-0.39, 0.29) is 6.04 Å². The van der Waals surface area contributed by atoms with Crippen molar-refractivity contribution in [2.24, 2.45) is 5.73 Å². The first kappa shape index (κ1) is 16.2. The van der Waals surface area contributed by atoms with Crippen molar-refractivity contribution in [3.05, 3.63) is 17.0 Å². The van der Waals surface area contributed by atoms with Crippen LogP contribution in [-0.4, -0.2) is 23.5 Å². The lowest BCUT2D eigenvalue weighted by molar-refractivity contribution is 0.191. The maximum Gasteiger partial charge on any atom is 0.0672 e. The van der Waals surface area contributed by atoms with Crippen molar-refractivity contribution >= 4 is 0 Å². The molecule has 1 aromatic rings. The number of nitrogens with zero attached hydrogens (tertiary/aromatic N) is 2. The Labute approximate surface area is 117 Å². The Morgan fingerprint density at radius 3 is 2.47 bits per heavy atom. The SMILES string of the molecule is CCc1nn(CCCCOC)c(CC)c1C(N)CC. The van der Waals surface area contributed by atoms with Crippen molar-refractivity contribution < 1.29 is 4.74 Å². The van der Waals surface area contributed by atoms with Gasteiger partial charge in [0.2, 0.25) is 0 Å². The van der Waals surface area contributed by atoms with E-state index in [0.29, 0.717) is 0 Å². The quantitative estimate of drug-likeness (QED) is 0.700. The van der Waals surface area contributed by atoms with Gasteiger partial charge in [-0.2, -0.15) is 5.10 Å². The minimum absolute atomic E-state index is 0.123. The number of hydrogen-bond acceptors (Lipinski definition) is 3. The van der Waals surface area contributed by atoms with Gasteiger partial charge in [-0.3, -0.25) is 4.68 Å². The fourth-order valence-electron chi connectivity index (χ4n) is 2.52. The maximum atomic E-state index is 6.26. The van der Waals surface area contributed by atoms with Crippen LogP contribution in [0.2, 0.25) is 0 Å². The van der Waals surface area contributed by atoms with E-state index in [9.17, 15) is 0 Å². The third-order valence-electron chi connectivity index (χ3n) is 3.62. The van der Waals surface area contributed by atoms with Gasteiger partial charge in [0.1, 0.15) is 0 Å². The van der Waals surface area contributed by atoms with Gasteiger partial charge in [-0.15, -0.1) is 0 Å². The molecule has 0 aliphatic rings. The van der Waals surface area contributed by atoms with E-state index in [2.05, 4.69) is 25.5 Å². The summed E-state index contributed by atoms with van der Waals surface area (Å²) in [6.07, 6.45) is 5.11. The molecule has 1 atom stereocenters. The molecule has 0 amide bonds. The van der Waals surface area contributed by atoms with Gasteiger partial charge < -0.3 is 10.5 Å². The van der Waals surface area contributed by atoms with Crippen LogP contribution in [0.5, 0.6) is 0 Å². The first-order chi connectivity index (χ1) is 9.19. The van der Waals surface area contributed by atoms with Crippen LogP contribution >= 0.6 is 0 Å². The Balaban J connectivity index is 2.88. The van der Waals surface area contributed by atoms with E-state index < -0.39 is 0 Å². The lowest BCUT2D eigenvalue weighted by atomic mass is 10.00. The topological polar surface area (TPSA) is 53.1 Å². The molecule has 0 saturated carbocycles. The summed E-state index contributed by atoms with van der Waals surface area (Å²) < 4.78 is 7.26. The van der Waals surface area contributed by atoms with Crippen LogP contribution in [-0.2, 0) is 24.1 Å². The van der Waals surface area contributed by atoms with Gasteiger partial charge in [0, 0.05) is 37.6 Å². The lowest BCUT2D eigenvalue weighted by Gasteiger charge is -2.12. The first-order valence-electron chi connectivity index (χ1n) is 7.52. The molecule has 0 fully saturated rings. The van der Waals surface area contributed by atoms with Crippen molar-refractivity contribution in [1.29, 1.82) is 0 Å². The van der Waals surface area contributed by atoms with Crippen LogP contribution in [0.3, 0.4) is 0 Å². The van der Waals surface area contributed by atoms with Crippen molar-refractivity contribution in [2.75, 3.05) is 13.7 Å². The average Bonchev–Trinajstić information content (AvgIpc) is 2.80. The summed E-state index contributed by atoms with van der Waals surface area (Å²) in [6, 6.07) is 0.123. The van der Waals surface area contributed by atoms with Gasteiger partial charge in [0.25, 0.3) is 0 Å². The van der Waals surface area contributed by atoms with Crippen LogP contribution in [0.25, 0.3) is 0 Å². The minimum Gasteiger partial charge on any atom is -0.385 e. The van der Waals surface area contributed by atoms with Crippen LogP contribution in [0.1, 0.15) is 63.0 Å². The number of methoxy groups -OCH3 is 1. The molecule has 4 nitrogen and oxygen atoms in total. The number of aryl methyl sites for hydroxylation is 2. The molecular weight excluding hydrogens is 238 g/mol. The second-order valence-corrected chi connectivity index (χ2v) is 4.95. The van der Waals surface area contributed by atoms with Crippen LogP contribution in [0.4, 0.5) is 0 Å². The Bertz CT molecular complexity index is 374. The summed E-state index contributed by atoms with van der Waals surface area (Å²) in [5.74, 6) is 0. The van der Waals surface area contributed by atoms with Crippen molar-refractivity contribution in [3.8, 4) is 0 Å². The number of aromatic nitrogens is 2. The van der Waals surface area contributed by atoms with Gasteiger partial charge in [-0.25, -0.2) is 0 Å². The zero-order chi connectivity index (χ0) is 14.3. The molecule has 0 aliphatic carbocycles. The van der Waals surface area contributed by atoms with Crippen LogP contribution in [0, 0.1) is 0 Å². The molecule has 0 saturated heterocycles. The molecule has 0 aromatic carbocycles. The van der Waals surface area contributed by atoms with E-state index in [0.717, 1.165) is 45.3 Å². The van der Waals surface area contributed by atoms with E-state index in [1.165, 1.54) is 17.0 Å². The molecular formula is C15H29N3O. The lowest BCUT2D eigenvalue weighted by Crippen LogP contribution is -2.13. The van der Waals surface area contributed by atoms with Crippen molar-refractivity contribution in [2.45, 2.75) is 65.5 Å². The summed E-state index contributed by atoms with van der Waals surface area (Å²) in [7, 11) is 1.75. The van der Waals surface area contributed by atoms with Crippen LogP contribution in [0.15, 0.2) is 0 Å². The largest absolute Gasteiger partial charge is 0.385 e. The van der Waals surface area contributed by atoms with Gasteiger partial charge >= 0.3 is 0 Å². The number of hydrogen-bond donors (Lipinski definition) is 1. The van der Waals surface area contributed by atoms with Crippen molar-refractivity contribution in [3.63, 3.8) is 0 Å². The monoisotopic (exact) mass is 267 g/mol. The average molecular weight is 267 g/mol. The minimum atomic E-state index is 0.123. The molecule has 1 unspecified atom stereocenters. The Morgan fingerprint density at radius 2 is 1.95 bits per heavy atom. The fraction of sp³-hybridized carbons (Fsp3) is 0.800. The number of ether oxygens (including phenoxy) is 1. The third-order valence-corrected chi connectivity index (χ3v) is 3.62. The second-order valence-electron chi connectivity index (χ2n) is 4.95. The standard InChI is InChI=1S/C15H29N3O/c1-5-12(16)15-13(6-2)17-18(14(15)7-3)10-8-9-11-19-4/h12H,5-11,16H2,1-4H3. The normalized spacial score (nSPS) is 12.9. The highest BCUT2D eigenvalue weighted by atomic mass is 16.5. The molecule has 4 heteroatoms. The molecule has 1 heterocycles. The van der Waals surface area contributed by atoms with E-state index in [4.69, 9.17) is 15.6 Å². The van der Waals surface area contributed by atoms with Crippen molar-refractivity contribution in [1.82, 2.24) is 9.78 Å².